The van der Waals surface area contributed by atoms with Crippen LogP contribution in [0.5, 0.6) is 11.5 Å². The average Bonchev–Trinajstić information content (AvgIpc) is 3.23. The van der Waals surface area contributed by atoms with E-state index in [1.165, 1.54) is 50.5 Å². The van der Waals surface area contributed by atoms with E-state index in [-0.39, 0.29) is 12.0 Å². The third-order valence-corrected chi connectivity index (χ3v) is 9.27. The lowest BCUT2D eigenvalue weighted by Gasteiger charge is -2.61. The molecule has 6 heteroatoms. The Bertz CT molecular complexity index is 1010. The molecule has 0 amide bonds. The molecule has 1 fully saturated rings. The van der Waals surface area contributed by atoms with Gasteiger partial charge in [-0.1, -0.05) is 64.4 Å². The molecule has 6 nitrogen and oxygen atoms in total. The molecule has 1 aromatic carbocycles. The summed E-state index contributed by atoms with van der Waals surface area (Å²) in [5.74, 6) is 1.76. The van der Waals surface area contributed by atoms with Gasteiger partial charge in [0.25, 0.3) is 0 Å². The Morgan fingerprint density at radius 2 is 1.86 bits per heavy atom. The molecule has 2 aliphatic carbocycles. The van der Waals surface area contributed by atoms with Crippen molar-refractivity contribution in [2.45, 2.75) is 114 Å². The van der Waals surface area contributed by atoms with Gasteiger partial charge in [0.2, 0.25) is 0 Å². The minimum absolute atomic E-state index is 0.000306. The molecule has 2 heterocycles. The van der Waals surface area contributed by atoms with Crippen molar-refractivity contribution in [1.82, 2.24) is 4.90 Å². The number of carbonyl (C=O) groups excluding carboxylic acids is 1. The number of piperidine rings is 1. The number of esters is 1. The number of ether oxygens (including phenoxy) is 3. The summed E-state index contributed by atoms with van der Waals surface area (Å²) in [5, 5.41) is 12.2. The van der Waals surface area contributed by atoms with Crippen LogP contribution in [0.25, 0.3) is 0 Å². The van der Waals surface area contributed by atoms with Crippen molar-refractivity contribution in [3.05, 3.63) is 35.1 Å². The molecule has 5 rings (SSSR count). The van der Waals surface area contributed by atoms with Crippen LogP contribution in [0.4, 0.5) is 0 Å². The molecule has 1 N–H and O–H groups in total. The Kier molecular flexibility index (Phi) is 7.37. The highest BCUT2D eigenvalue weighted by molar-refractivity contribution is 5.72. The average molecular weight is 498 g/mol. The molecule has 1 aromatic rings. The van der Waals surface area contributed by atoms with Crippen molar-refractivity contribution in [1.29, 1.82) is 0 Å². The fraction of sp³-hybridized carbons (Fsp3) is 0.700. The number of likely N-dealkylation sites (N-methyl/N-ethyl adjacent to an activating group) is 1. The number of hydrogen-bond acceptors (Lipinski definition) is 6. The maximum Gasteiger partial charge on any atom is 0.310 e. The van der Waals surface area contributed by atoms with Crippen LogP contribution >= 0.6 is 0 Å². The highest BCUT2D eigenvalue weighted by Crippen LogP contribution is 2.65. The van der Waals surface area contributed by atoms with Gasteiger partial charge in [-0.3, -0.25) is 4.79 Å². The molecule has 4 aliphatic rings. The number of benzene rings is 1. The summed E-state index contributed by atoms with van der Waals surface area (Å²) in [6.45, 7) is 3.11. The Labute approximate surface area is 216 Å². The van der Waals surface area contributed by atoms with Crippen molar-refractivity contribution < 1.29 is 24.1 Å². The van der Waals surface area contributed by atoms with Crippen molar-refractivity contribution in [3.8, 4) is 11.5 Å². The van der Waals surface area contributed by atoms with Gasteiger partial charge in [-0.05, 0) is 50.6 Å². The number of rotatable bonds is 12. The van der Waals surface area contributed by atoms with E-state index in [1.54, 1.807) is 7.11 Å². The van der Waals surface area contributed by atoms with E-state index in [1.807, 2.05) is 12.1 Å². The SMILES string of the molecule is CCCCCCCCCCCC(=O)OC1=CC[C@@]2(O)[C@H]3Cc4ccc(OC)c5c4C2(CCN3C)[C@H]1O5. The zero-order valence-electron chi connectivity index (χ0n) is 22.3. The first-order chi connectivity index (χ1) is 17.5. The number of nitrogens with zero attached hydrogens (tertiary/aromatic N) is 1. The number of aliphatic hydroxyl groups is 1. The molecule has 0 aromatic heterocycles. The lowest BCUT2D eigenvalue weighted by molar-refractivity contribution is -0.169. The second-order valence-electron chi connectivity index (χ2n) is 11.3. The molecule has 1 saturated heterocycles. The lowest BCUT2D eigenvalue weighted by Crippen LogP contribution is -2.74. The van der Waals surface area contributed by atoms with E-state index < -0.39 is 17.1 Å². The number of likely N-dealkylation sites (tertiary alicyclic amines) is 1. The number of carbonyl (C=O) groups is 1. The normalized spacial score (nSPS) is 29.8. The lowest BCUT2D eigenvalue weighted by atomic mass is 9.50. The molecule has 198 valence electrons. The van der Waals surface area contributed by atoms with Crippen LogP contribution in [-0.2, 0) is 21.4 Å². The van der Waals surface area contributed by atoms with Crippen LogP contribution < -0.4 is 9.47 Å². The number of unbranched alkanes of at least 4 members (excludes halogenated alkanes) is 8. The molecular formula is C30H43NO5. The van der Waals surface area contributed by atoms with Crippen molar-refractivity contribution in [2.24, 2.45) is 0 Å². The second-order valence-corrected chi connectivity index (χ2v) is 11.3. The van der Waals surface area contributed by atoms with Crippen molar-refractivity contribution >= 4 is 5.97 Å². The third kappa shape index (κ3) is 4.05. The number of hydrogen-bond donors (Lipinski definition) is 1. The molecule has 2 aliphatic heterocycles. The summed E-state index contributed by atoms with van der Waals surface area (Å²) < 4.78 is 18.2. The monoisotopic (exact) mass is 497 g/mol. The van der Waals surface area contributed by atoms with Gasteiger partial charge >= 0.3 is 5.97 Å². The van der Waals surface area contributed by atoms with Gasteiger partial charge in [0.1, 0.15) is 5.76 Å². The third-order valence-electron chi connectivity index (χ3n) is 9.27. The van der Waals surface area contributed by atoms with Gasteiger partial charge in [-0.15, -0.1) is 0 Å². The maximum absolute atomic E-state index is 12.9. The summed E-state index contributed by atoms with van der Waals surface area (Å²) in [6.07, 6.45) is 14.7. The minimum atomic E-state index is -0.970. The molecule has 0 saturated carbocycles. The van der Waals surface area contributed by atoms with Crippen LogP contribution in [0, 0.1) is 0 Å². The predicted octanol–water partition coefficient (Wildman–Crippen LogP) is 5.44. The Morgan fingerprint density at radius 1 is 1.14 bits per heavy atom. The summed E-state index contributed by atoms with van der Waals surface area (Å²) in [6, 6.07) is 4.08. The molecule has 1 unspecified atom stereocenters. The standard InChI is InChI=1S/C30H43NO5/c1-4-5-6-7-8-9-10-11-12-13-25(32)35-23-16-17-30(33)24-20-21-14-15-22(34-3)27-26(21)29(30,28(23)36-27)18-19-31(24)2/h14-16,24,28,33H,4-13,17-20H2,1-3H3/t24-,28+,29?,30-/m1/s1. The number of methoxy groups -OCH3 is 1. The van der Waals surface area contributed by atoms with E-state index in [2.05, 4.69) is 24.9 Å². The summed E-state index contributed by atoms with van der Waals surface area (Å²) in [7, 11) is 3.75. The molecular weight excluding hydrogens is 454 g/mol. The Morgan fingerprint density at radius 3 is 2.58 bits per heavy atom. The fourth-order valence-electron chi connectivity index (χ4n) is 7.35. The van der Waals surface area contributed by atoms with Crippen LogP contribution in [-0.4, -0.2) is 54.4 Å². The van der Waals surface area contributed by atoms with E-state index in [4.69, 9.17) is 14.2 Å². The van der Waals surface area contributed by atoms with E-state index in [0.29, 0.717) is 30.1 Å². The van der Waals surface area contributed by atoms with Crippen molar-refractivity contribution in [2.75, 3.05) is 20.7 Å². The van der Waals surface area contributed by atoms with Gasteiger partial charge in [0.05, 0.1) is 18.1 Å². The quantitative estimate of drug-likeness (QED) is 0.307. The van der Waals surface area contributed by atoms with Gasteiger partial charge in [-0.25, -0.2) is 0 Å². The second kappa shape index (κ2) is 10.4. The molecule has 36 heavy (non-hydrogen) atoms. The van der Waals surface area contributed by atoms with Crippen LogP contribution in [0.3, 0.4) is 0 Å². The summed E-state index contributed by atoms with van der Waals surface area (Å²) in [5.41, 5.74) is 0.683. The molecule has 2 bridgehead atoms. The Hall–Kier alpha value is -2.05. The molecule has 1 spiro atoms. The zero-order chi connectivity index (χ0) is 25.3. The summed E-state index contributed by atoms with van der Waals surface area (Å²) >= 11 is 0. The van der Waals surface area contributed by atoms with Gasteiger partial charge in [0, 0.05) is 24.4 Å². The van der Waals surface area contributed by atoms with Gasteiger partial charge in [-0.2, -0.15) is 0 Å². The molecule has 0 radical (unpaired) electrons. The highest BCUT2D eigenvalue weighted by Gasteiger charge is 2.72. The van der Waals surface area contributed by atoms with E-state index >= 15 is 0 Å². The Balaban J connectivity index is 1.27. The van der Waals surface area contributed by atoms with Crippen LogP contribution in [0.2, 0.25) is 0 Å². The topological polar surface area (TPSA) is 68.2 Å². The molecule has 4 atom stereocenters. The predicted molar refractivity (Wildman–Crippen MR) is 139 cm³/mol. The smallest absolute Gasteiger partial charge is 0.310 e. The summed E-state index contributed by atoms with van der Waals surface area (Å²) in [4.78, 5) is 15.1. The van der Waals surface area contributed by atoms with Gasteiger partial charge < -0.3 is 24.2 Å². The van der Waals surface area contributed by atoms with E-state index in [0.717, 1.165) is 37.8 Å². The zero-order valence-corrected chi connectivity index (χ0v) is 22.3. The minimum Gasteiger partial charge on any atom is -0.493 e. The highest BCUT2D eigenvalue weighted by atomic mass is 16.6. The fourth-order valence-corrected chi connectivity index (χ4v) is 7.35. The van der Waals surface area contributed by atoms with Gasteiger partial charge in [0.15, 0.2) is 17.6 Å². The first-order valence-electron chi connectivity index (χ1n) is 14.2. The first-order valence-corrected chi connectivity index (χ1v) is 14.2. The van der Waals surface area contributed by atoms with E-state index in [9.17, 15) is 9.90 Å². The first kappa shape index (κ1) is 25.6. The van der Waals surface area contributed by atoms with Crippen LogP contribution in [0.15, 0.2) is 24.0 Å². The largest absolute Gasteiger partial charge is 0.493 e. The van der Waals surface area contributed by atoms with Crippen LogP contribution in [0.1, 0.15) is 95.1 Å². The maximum atomic E-state index is 12.9. The van der Waals surface area contributed by atoms with Crippen molar-refractivity contribution in [3.63, 3.8) is 0 Å².